The van der Waals surface area contributed by atoms with Crippen LogP contribution in [0, 0.1) is 0 Å². The van der Waals surface area contributed by atoms with Crippen molar-refractivity contribution in [1.82, 2.24) is 14.9 Å². The van der Waals surface area contributed by atoms with Crippen molar-refractivity contribution in [3.63, 3.8) is 0 Å². The van der Waals surface area contributed by atoms with Crippen molar-refractivity contribution in [2.24, 2.45) is 0 Å². The van der Waals surface area contributed by atoms with Crippen LogP contribution in [0.1, 0.15) is 5.76 Å². The van der Waals surface area contributed by atoms with E-state index in [9.17, 15) is 4.79 Å². The number of carbonyl (C=O) groups is 1. The van der Waals surface area contributed by atoms with E-state index in [1.165, 1.54) is 0 Å². The molecule has 21 heavy (non-hydrogen) atoms. The summed E-state index contributed by atoms with van der Waals surface area (Å²) in [5.74, 6) is 2.49. The number of nitrogens with zero attached hydrogens (tertiary/aromatic N) is 4. The molecule has 1 fully saturated rings. The summed E-state index contributed by atoms with van der Waals surface area (Å²) in [7, 11) is 0. The van der Waals surface area contributed by atoms with Crippen molar-refractivity contribution >= 4 is 18.0 Å². The molecule has 0 spiro atoms. The molecule has 1 amide bonds. The maximum Gasteiger partial charge on any atom is 0.209 e. The molecule has 0 unspecified atom stereocenters. The average Bonchev–Trinajstić information content (AvgIpc) is 3.07. The lowest BCUT2D eigenvalue weighted by molar-refractivity contribution is -0.118. The quantitative estimate of drug-likeness (QED) is 0.826. The number of nitrogens with one attached hydrogen (secondary N) is 1. The van der Waals surface area contributed by atoms with E-state index in [0.29, 0.717) is 6.54 Å². The highest BCUT2D eigenvalue weighted by molar-refractivity contribution is 5.51. The molecule has 0 aromatic carbocycles. The monoisotopic (exact) mass is 287 g/mol. The van der Waals surface area contributed by atoms with Gasteiger partial charge in [-0.3, -0.25) is 4.79 Å². The Kier molecular flexibility index (Phi) is 3.99. The molecule has 1 aliphatic rings. The zero-order chi connectivity index (χ0) is 14.5. The van der Waals surface area contributed by atoms with Gasteiger partial charge in [-0.05, 0) is 12.1 Å². The molecule has 3 heterocycles. The standard InChI is InChI=1S/C14H17N5O2/c20-11-18-3-5-19(6-4-18)14-8-13(16-10-17-14)15-9-12-2-1-7-21-12/h1-2,7-8,10-11H,3-6,9H2,(H,15,16,17). The molecular weight excluding hydrogens is 270 g/mol. The largest absolute Gasteiger partial charge is 0.467 e. The van der Waals surface area contributed by atoms with Gasteiger partial charge in [-0.2, -0.15) is 0 Å². The second kappa shape index (κ2) is 6.25. The van der Waals surface area contributed by atoms with Crippen molar-refractivity contribution in [3.8, 4) is 0 Å². The Labute approximate surface area is 122 Å². The molecule has 110 valence electrons. The van der Waals surface area contributed by atoms with Gasteiger partial charge >= 0.3 is 0 Å². The van der Waals surface area contributed by atoms with Gasteiger partial charge in [0.15, 0.2) is 0 Å². The lowest BCUT2D eigenvalue weighted by atomic mass is 10.3. The molecule has 1 N–H and O–H groups in total. The van der Waals surface area contributed by atoms with Crippen molar-refractivity contribution < 1.29 is 9.21 Å². The Balaban J connectivity index is 1.61. The smallest absolute Gasteiger partial charge is 0.209 e. The van der Waals surface area contributed by atoms with Gasteiger partial charge in [-0.25, -0.2) is 9.97 Å². The van der Waals surface area contributed by atoms with E-state index in [2.05, 4.69) is 20.2 Å². The van der Waals surface area contributed by atoms with Crippen LogP contribution in [0.2, 0.25) is 0 Å². The Bertz CT molecular complexity index is 579. The van der Waals surface area contributed by atoms with Gasteiger partial charge in [0, 0.05) is 32.2 Å². The first-order valence-corrected chi connectivity index (χ1v) is 6.88. The molecule has 1 aliphatic heterocycles. The molecule has 0 bridgehead atoms. The number of amides is 1. The number of hydrogen-bond acceptors (Lipinski definition) is 6. The predicted molar refractivity (Wildman–Crippen MR) is 77.9 cm³/mol. The van der Waals surface area contributed by atoms with Crippen LogP contribution in [0.3, 0.4) is 0 Å². The third-order valence-electron chi connectivity index (χ3n) is 3.46. The van der Waals surface area contributed by atoms with E-state index in [4.69, 9.17) is 4.42 Å². The Morgan fingerprint density at radius 2 is 2.14 bits per heavy atom. The van der Waals surface area contributed by atoms with Crippen LogP contribution in [0.25, 0.3) is 0 Å². The second-order valence-electron chi connectivity index (χ2n) is 4.82. The summed E-state index contributed by atoms with van der Waals surface area (Å²) in [6, 6.07) is 5.68. The number of piperazine rings is 1. The molecule has 0 saturated carbocycles. The Morgan fingerprint density at radius 1 is 1.29 bits per heavy atom. The highest BCUT2D eigenvalue weighted by Crippen LogP contribution is 2.16. The maximum atomic E-state index is 10.7. The van der Waals surface area contributed by atoms with Gasteiger partial charge in [0.2, 0.25) is 6.41 Å². The molecule has 1 saturated heterocycles. The van der Waals surface area contributed by atoms with E-state index >= 15 is 0 Å². The van der Waals surface area contributed by atoms with Crippen LogP contribution in [0.4, 0.5) is 11.6 Å². The van der Waals surface area contributed by atoms with Crippen LogP contribution in [0.5, 0.6) is 0 Å². The summed E-state index contributed by atoms with van der Waals surface area (Å²) >= 11 is 0. The highest BCUT2D eigenvalue weighted by Gasteiger charge is 2.17. The lowest BCUT2D eigenvalue weighted by Crippen LogP contribution is -2.46. The summed E-state index contributed by atoms with van der Waals surface area (Å²) < 4.78 is 5.27. The van der Waals surface area contributed by atoms with Crippen LogP contribution in [-0.2, 0) is 11.3 Å². The van der Waals surface area contributed by atoms with E-state index in [0.717, 1.165) is 50.0 Å². The van der Waals surface area contributed by atoms with E-state index in [-0.39, 0.29) is 0 Å². The Hall–Kier alpha value is -2.57. The topological polar surface area (TPSA) is 74.5 Å². The van der Waals surface area contributed by atoms with E-state index < -0.39 is 0 Å². The molecule has 0 radical (unpaired) electrons. The summed E-state index contributed by atoms with van der Waals surface area (Å²) in [4.78, 5) is 23.2. The first-order valence-electron chi connectivity index (χ1n) is 6.88. The minimum atomic E-state index is 0.586. The third-order valence-corrected chi connectivity index (χ3v) is 3.46. The molecule has 3 rings (SSSR count). The van der Waals surface area contributed by atoms with E-state index in [1.807, 2.05) is 18.2 Å². The minimum Gasteiger partial charge on any atom is -0.467 e. The minimum absolute atomic E-state index is 0.586. The maximum absolute atomic E-state index is 10.7. The third kappa shape index (κ3) is 3.31. The number of carbonyl (C=O) groups excluding carboxylic acids is 1. The zero-order valence-corrected chi connectivity index (χ0v) is 11.6. The zero-order valence-electron chi connectivity index (χ0n) is 11.6. The SMILES string of the molecule is O=CN1CCN(c2cc(NCc3ccco3)ncn2)CC1. The van der Waals surface area contributed by atoms with Crippen LogP contribution >= 0.6 is 0 Å². The molecular formula is C14H17N5O2. The van der Waals surface area contributed by atoms with E-state index in [1.54, 1.807) is 17.5 Å². The Morgan fingerprint density at radius 3 is 2.86 bits per heavy atom. The normalized spacial score (nSPS) is 15.0. The summed E-state index contributed by atoms with van der Waals surface area (Å²) in [6.07, 6.45) is 4.09. The summed E-state index contributed by atoms with van der Waals surface area (Å²) in [6.45, 7) is 3.61. The number of aromatic nitrogens is 2. The van der Waals surface area contributed by atoms with Gasteiger partial charge in [-0.15, -0.1) is 0 Å². The fraction of sp³-hybridized carbons (Fsp3) is 0.357. The molecule has 2 aromatic heterocycles. The first kappa shape index (κ1) is 13.4. The van der Waals surface area contributed by atoms with Crippen LogP contribution < -0.4 is 10.2 Å². The van der Waals surface area contributed by atoms with Gasteiger partial charge in [0.1, 0.15) is 23.7 Å². The highest BCUT2D eigenvalue weighted by atomic mass is 16.3. The predicted octanol–water partition coefficient (Wildman–Crippen LogP) is 0.960. The average molecular weight is 287 g/mol. The number of hydrogen-bond donors (Lipinski definition) is 1. The fourth-order valence-electron chi connectivity index (χ4n) is 2.26. The molecule has 7 nitrogen and oxygen atoms in total. The molecule has 2 aromatic rings. The first-order chi connectivity index (χ1) is 10.3. The number of furan rings is 1. The van der Waals surface area contributed by atoms with Gasteiger partial charge < -0.3 is 19.5 Å². The van der Waals surface area contributed by atoms with Crippen molar-refractivity contribution in [1.29, 1.82) is 0 Å². The van der Waals surface area contributed by atoms with Crippen LogP contribution in [0.15, 0.2) is 35.2 Å². The molecule has 0 aliphatic carbocycles. The number of rotatable bonds is 5. The van der Waals surface area contributed by atoms with Crippen LogP contribution in [-0.4, -0.2) is 47.5 Å². The van der Waals surface area contributed by atoms with Gasteiger partial charge in [0.25, 0.3) is 0 Å². The summed E-state index contributed by atoms with van der Waals surface area (Å²) in [5, 5.41) is 3.21. The van der Waals surface area contributed by atoms with Crippen molar-refractivity contribution in [2.75, 3.05) is 36.4 Å². The van der Waals surface area contributed by atoms with Gasteiger partial charge in [0.05, 0.1) is 12.8 Å². The van der Waals surface area contributed by atoms with Crippen molar-refractivity contribution in [2.45, 2.75) is 6.54 Å². The van der Waals surface area contributed by atoms with Gasteiger partial charge in [-0.1, -0.05) is 0 Å². The second-order valence-corrected chi connectivity index (χ2v) is 4.82. The molecule has 7 heteroatoms. The fourth-order valence-corrected chi connectivity index (χ4v) is 2.26. The lowest BCUT2D eigenvalue weighted by Gasteiger charge is -2.33. The van der Waals surface area contributed by atoms with Crippen molar-refractivity contribution in [3.05, 3.63) is 36.5 Å². The number of anilines is 2. The summed E-state index contributed by atoms with van der Waals surface area (Å²) in [5.41, 5.74) is 0. The molecule has 0 atom stereocenters.